The molecule has 0 spiro atoms. The zero-order chi connectivity index (χ0) is 19.5. The van der Waals surface area contributed by atoms with Crippen molar-refractivity contribution in [2.75, 3.05) is 20.2 Å². The predicted octanol–water partition coefficient (Wildman–Crippen LogP) is 3.90. The van der Waals surface area contributed by atoms with E-state index in [-0.39, 0.29) is 17.4 Å². The standard InChI is InChI=1S/C21H20FN3O3/c1-27-18-8-7-16(22)13-17(18)21(26)25-11-9-15(10-12-25)20-23-19(24-28-20)14-5-3-2-4-6-14/h2-8,13,15H,9-12H2,1H3. The lowest BCUT2D eigenvalue weighted by molar-refractivity contribution is 0.0700. The number of hydrogen-bond acceptors (Lipinski definition) is 5. The minimum absolute atomic E-state index is 0.100. The van der Waals surface area contributed by atoms with Gasteiger partial charge < -0.3 is 14.2 Å². The number of halogens is 1. The van der Waals surface area contributed by atoms with Gasteiger partial charge in [0.05, 0.1) is 12.7 Å². The Morgan fingerprint density at radius 3 is 2.64 bits per heavy atom. The first kappa shape index (κ1) is 18.2. The van der Waals surface area contributed by atoms with Gasteiger partial charge in [0.25, 0.3) is 5.91 Å². The minimum atomic E-state index is -0.460. The van der Waals surface area contributed by atoms with Crippen molar-refractivity contribution in [3.63, 3.8) is 0 Å². The highest BCUT2D eigenvalue weighted by Gasteiger charge is 2.29. The molecule has 0 radical (unpaired) electrons. The van der Waals surface area contributed by atoms with E-state index in [1.54, 1.807) is 4.90 Å². The van der Waals surface area contributed by atoms with E-state index in [1.165, 1.54) is 25.3 Å². The second-order valence-corrected chi connectivity index (χ2v) is 6.73. The molecule has 28 heavy (non-hydrogen) atoms. The van der Waals surface area contributed by atoms with E-state index >= 15 is 0 Å². The quantitative estimate of drug-likeness (QED) is 0.686. The van der Waals surface area contributed by atoms with Crippen LogP contribution < -0.4 is 4.74 Å². The van der Waals surface area contributed by atoms with E-state index in [0.29, 0.717) is 43.4 Å². The number of aromatic nitrogens is 2. The number of piperidine rings is 1. The van der Waals surface area contributed by atoms with Gasteiger partial charge in [-0.1, -0.05) is 35.5 Å². The van der Waals surface area contributed by atoms with Crippen molar-refractivity contribution in [2.24, 2.45) is 0 Å². The summed E-state index contributed by atoms with van der Waals surface area (Å²) in [5.74, 6) is 0.942. The average molecular weight is 381 g/mol. The minimum Gasteiger partial charge on any atom is -0.496 e. The molecule has 0 bridgehead atoms. The number of benzene rings is 2. The van der Waals surface area contributed by atoms with Crippen LogP contribution in [0.5, 0.6) is 5.75 Å². The van der Waals surface area contributed by atoms with Crippen molar-refractivity contribution in [3.05, 3.63) is 65.8 Å². The number of amides is 1. The number of methoxy groups -OCH3 is 1. The maximum absolute atomic E-state index is 13.6. The molecule has 1 aliphatic heterocycles. The topological polar surface area (TPSA) is 68.5 Å². The van der Waals surface area contributed by atoms with Crippen LogP contribution in [-0.2, 0) is 0 Å². The van der Waals surface area contributed by atoms with Crippen LogP contribution in [0.4, 0.5) is 4.39 Å². The fraction of sp³-hybridized carbons (Fsp3) is 0.286. The molecule has 4 rings (SSSR count). The highest BCUT2D eigenvalue weighted by molar-refractivity contribution is 5.97. The SMILES string of the molecule is COc1ccc(F)cc1C(=O)N1CCC(c2nc(-c3ccccc3)no2)CC1. The van der Waals surface area contributed by atoms with E-state index in [4.69, 9.17) is 9.26 Å². The number of carbonyl (C=O) groups is 1. The third kappa shape index (κ3) is 3.60. The molecule has 1 fully saturated rings. The number of carbonyl (C=O) groups excluding carboxylic acids is 1. The Kier molecular flexibility index (Phi) is 5.06. The summed E-state index contributed by atoms with van der Waals surface area (Å²) >= 11 is 0. The van der Waals surface area contributed by atoms with Crippen molar-refractivity contribution >= 4 is 5.91 Å². The lowest BCUT2D eigenvalue weighted by Crippen LogP contribution is -2.38. The van der Waals surface area contributed by atoms with Crippen molar-refractivity contribution in [2.45, 2.75) is 18.8 Å². The number of likely N-dealkylation sites (tertiary alicyclic amines) is 1. The van der Waals surface area contributed by atoms with Crippen LogP contribution in [0.2, 0.25) is 0 Å². The van der Waals surface area contributed by atoms with Crippen molar-refractivity contribution in [1.82, 2.24) is 15.0 Å². The Labute approximate surface area is 161 Å². The molecule has 2 heterocycles. The van der Waals surface area contributed by atoms with Crippen molar-refractivity contribution in [1.29, 1.82) is 0 Å². The van der Waals surface area contributed by atoms with Gasteiger partial charge in [-0.2, -0.15) is 4.98 Å². The molecule has 0 unspecified atom stereocenters. The second-order valence-electron chi connectivity index (χ2n) is 6.73. The zero-order valence-electron chi connectivity index (χ0n) is 15.5. The molecule has 144 valence electrons. The van der Waals surface area contributed by atoms with E-state index < -0.39 is 5.82 Å². The van der Waals surface area contributed by atoms with E-state index in [9.17, 15) is 9.18 Å². The highest BCUT2D eigenvalue weighted by Crippen LogP contribution is 2.30. The molecule has 1 aromatic heterocycles. The van der Waals surface area contributed by atoms with Gasteiger partial charge in [0.1, 0.15) is 11.6 Å². The molecule has 1 saturated heterocycles. The molecule has 1 aliphatic rings. The van der Waals surface area contributed by atoms with Crippen LogP contribution in [0.15, 0.2) is 53.1 Å². The van der Waals surface area contributed by atoms with Gasteiger partial charge in [-0.15, -0.1) is 0 Å². The van der Waals surface area contributed by atoms with Gasteiger partial charge in [0.15, 0.2) is 0 Å². The first-order valence-electron chi connectivity index (χ1n) is 9.17. The Bertz CT molecular complexity index is 966. The molecule has 0 aliphatic carbocycles. The van der Waals surface area contributed by atoms with Crippen LogP contribution in [0.25, 0.3) is 11.4 Å². The van der Waals surface area contributed by atoms with Crippen molar-refractivity contribution < 1.29 is 18.4 Å². The summed E-state index contributed by atoms with van der Waals surface area (Å²) < 4.78 is 24.2. The molecule has 0 saturated carbocycles. The number of nitrogens with zero attached hydrogens (tertiary/aromatic N) is 3. The van der Waals surface area contributed by atoms with Gasteiger partial charge in [-0.25, -0.2) is 4.39 Å². The normalized spacial score (nSPS) is 14.9. The van der Waals surface area contributed by atoms with Gasteiger partial charge in [0.2, 0.25) is 11.7 Å². The first-order chi connectivity index (χ1) is 13.7. The molecule has 7 heteroatoms. The molecule has 0 N–H and O–H groups in total. The van der Waals surface area contributed by atoms with Gasteiger partial charge in [-0.05, 0) is 31.0 Å². The largest absolute Gasteiger partial charge is 0.496 e. The van der Waals surface area contributed by atoms with Crippen LogP contribution in [0, 0.1) is 5.82 Å². The molecule has 2 aromatic carbocycles. The summed E-state index contributed by atoms with van der Waals surface area (Å²) in [6.45, 7) is 1.07. The van der Waals surface area contributed by atoms with E-state index in [0.717, 1.165) is 5.56 Å². The summed E-state index contributed by atoms with van der Waals surface area (Å²) in [6.07, 6.45) is 1.42. The third-order valence-corrected chi connectivity index (χ3v) is 5.00. The van der Waals surface area contributed by atoms with Crippen LogP contribution >= 0.6 is 0 Å². The van der Waals surface area contributed by atoms with Gasteiger partial charge >= 0.3 is 0 Å². The summed E-state index contributed by atoms with van der Waals surface area (Å²) in [5.41, 5.74) is 1.15. The molecule has 6 nitrogen and oxygen atoms in total. The maximum atomic E-state index is 13.6. The second kappa shape index (κ2) is 7.80. The van der Waals surface area contributed by atoms with Gasteiger partial charge in [-0.3, -0.25) is 4.79 Å². The summed E-state index contributed by atoms with van der Waals surface area (Å²) in [6, 6.07) is 13.6. The summed E-state index contributed by atoms with van der Waals surface area (Å²) in [5, 5.41) is 4.07. The van der Waals surface area contributed by atoms with E-state index in [2.05, 4.69) is 10.1 Å². The predicted molar refractivity (Wildman–Crippen MR) is 101 cm³/mol. The van der Waals surface area contributed by atoms with Gasteiger partial charge in [0, 0.05) is 24.6 Å². The maximum Gasteiger partial charge on any atom is 0.257 e. The fourth-order valence-corrected chi connectivity index (χ4v) is 3.45. The monoisotopic (exact) mass is 381 g/mol. The Morgan fingerprint density at radius 1 is 1.18 bits per heavy atom. The lowest BCUT2D eigenvalue weighted by Gasteiger charge is -2.30. The smallest absolute Gasteiger partial charge is 0.257 e. The molecule has 0 atom stereocenters. The summed E-state index contributed by atoms with van der Waals surface area (Å²) in [7, 11) is 1.47. The first-order valence-corrected chi connectivity index (χ1v) is 9.17. The summed E-state index contributed by atoms with van der Waals surface area (Å²) in [4.78, 5) is 19.0. The molecule has 3 aromatic rings. The van der Waals surface area contributed by atoms with E-state index in [1.807, 2.05) is 30.3 Å². The van der Waals surface area contributed by atoms with Crippen LogP contribution in [-0.4, -0.2) is 41.1 Å². The third-order valence-electron chi connectivity index (χ3n) is 5.00. The Morgan fingerprint density at radius 2 is 1.93 bits per heavy atom. The highest BCUT2D eigenvalue weighted by atomic mass is 19.1. The molecular weight excluding hydrogens is 361 g/mol. The lowest BCUT2D eigenvalue weighted by atomic mass is 9.96. The zero-order valence-corrected chi connectivity index (χ0v) is 15.5. The molecular formula is C21H20FN3O3. The van der Waals surface area contributed by atoms with Crippen LogP contribution in [0.1, 0.15) is 35.0 Å². The Balaban J connectivity index is 1.43. The number of ether oxygens (including phenoxy) is 1. The van der Waals surface area contributed by atoms with Crippen molar-refractivity contribution in [3.8, 4) is 17.1 Å². The molecule has 1 amide bonds. The number of hydrogen-bond donors (Lipinski definition) is 0. The number of rotatable bonds is 4. The fourth-order valence-electron chi connectivity index (χ4n) is 3.45. The van der Waals surface area contributed by atoms with Crippen LogP contribution in [0.3, 0.4) is 0 Å². The Hall–Kier alpha value is -3.22. The average Bonchev–Trinajstić information content (AvgIpc) is 3.24.